The van der Waals surface area contributed by atoms with Crippen molar-refractivity contribution in [3.63, 3.8) is 0 Å². The number of halogens is 1. The second-order valence-electron chi connectivity index (χ2n) is 3.52. The van der Waals surface area contributed by atoms with E-state index >= 15 is 0 Å². The van der Waals surface area contributed by atoms with E-state index in [9.17, 15) is 4.79 Å². The molecule has 4 heteroatoms. The number of amides is 1. The van der Waals surface area contributed by atoms with E-state index in [1.165, 1.54) is 5.56 Å². The first-order valence-corrected chi connectivity index (χ1v) is 6.06. The van der Waals surface area contributed by atoms with Crippen molar-refractivity contribution in [2.45, 2.75) is 18.2 Å². The van der Waals surface area contributed by atoms with E-state index in [1.807, 2.05) is 4.90 Å². The molecular weight excluding hydrogens is 218 g/mol. The first-order valence-electron chi connectivity index (χ1n) is 4.68. The van der Waals surface area contributed by atoms with Gasteiger partial charge in [0.2, 0.25) is 5.91 Å². The number of carbonyl (C=O) groups is 1. The van der Waals surface area contributed by atoms with Gasteiger partial charge in [0, 0.05) is 19.5 Å². The Morgan fingerprint density at radius 3 is 3.07 bits per heavy atom. The van der Waals surface area contributed by atoms with Crippen LogP contribution in [0.25, 0.3) is 0 Å². The van der Waals surface area contributed by atoms with Gasteiger partial charge in [0.15, 0.2) is 0 Å². The third kappa shape index (κ3) is 2.28. The summed E-state index contributed by atoms with van der Waals surface area (Å²) in [6, 6.07) is 2.10. The molecule has 0 spiro atoms. The lowest BCUT2D eigenvalue weighted by Gasteiger charge is -2.14. The highest BCUT2D eigenvalue weighted by atomic mass is 35.5. The minimum absolute atomic E-state index is 0.0185. The minimum Gasteiger partial charge on any atom is -0.341 e. The molecular formula is C10H12ClNOS. The zero-order valence-corrected chi connectivity index (χ0v) is 9.35. The van der Waals surface area contributed by atoms with Crippen LogP contribution < -0.4 is 0 Å². The molecule has 14 heavy (non-hydrogen) atoms. The van der Waals surface area contributed by atoms with Crippen molar-refractivity contribution in [2.24, 2.45) is 0 Å². The van der Waals surface area contributed by atoms with Crippen molar-refractivity contribution in [1.29, 1.82) is 0 Å². The summed E-state index contributed by atoms with van der Waals surface area (Å²) in [5.74, 6) is 0.195. The molecule has 0 radical (unpaired) electrons. The molecule has 1 aromatic rings. The molecule has 0 N–H and O–H groups in total. The summed E-state index contributed by atoms with van der Waals surface area (Å²) in [5.41, 5.74) is 1.31. The highest BCUT2D eigenvalue weighted by Gasteiger charge is 2.27. The number of carbonyl (C=O) groups excluding carboxylic acids is 1. The molecule has 2 nitrogen and oxygen atoms in total. The van der Waals surface area contributed by atoms with Gasteiger partial charge in [0.05, 0.1) is 5.38 Å². The van der Waals surface area contributed by atoms with E-state index < -0.39 is 0 Å². The monoisotopic (exact) mass is 229 g/mol. The Balaban J connectivity index is 1.84. The first kappa shape index (κ1) is 9.99. The zero-order valence-electron chi connectivity index (χ0n) is 7.78. The van der Waals surface area contributed by atoms with Gasteiger partial charge in [0.25, 0.3) is 0 Å². The molecule has 1 saturated heterocycles. The van der Waals surface area contributed by atoms with E-state index in [1.54, 1.807) is 11.3 Å². The molecule has 0 aliphatic carbocycles. The van der Waals surface area contributed by atoms with Crippen molar-refractivity contribution in [1.82, 2.24) is 4.90 Å². The number of rotatable bonds is 3. The molecule has 2 heterocycles. The lowest BCUT2D eigenvalue weighted by molar-refractivity contribution is -0.127. The van der Waals surface area contributed by atoms with Crippen molar-refractivity contribution < 1.29 is 4.79 Å². The molecule has 0 bridgehead atoms. The minimum atomic E-state index is 0.0185. The summed E-state index contributed by atoms with van der Waals surface area (Å²) >= 11 is 7.60. The fraction of sp³-hybridized carbons (Fsp3) is 0.500. The maximum absolute atomic E-state index is 11.4. The van der Waals surface area contributed by atoms with Crippen molar-refractivity contribution in [2.75, 3.05) is 13.1 Å². The Hall–Kier alpha value is -0.540. The summed E-state index contributed by atoms with van der Waals surface area (Å²) in [6.07, 6.45) is 1.45. The number of thiophene rings is 1. The van der Waals surface area contributed by atoms with Gasteiger partial charge in [-0.1, -0.05) is 0 Å². The molecule has 0 saturated carbocycles. The molecule has 1 unspecified atom stereocenters. The lowest BCUT2D eigenvalue weighted by atomic mass is 10.2. The smallest absolute Gasteiger partial charge is 0.224 e. The van der Waals surface area contributed by atoms with Crippen LogP contribution >= 0.6 is 22.9 Å². The van der Waals surface area contributed by atoms with E-state index in [2.05, 4.69) is 16.8 Å². The summed E-state index contributed by atoms with van der Waals surface area (Å²) in [4.78, 5) is 13.2. The fourth-order valence-electron chi connectivity index (χ4n) is 1.64. The molecule has 1 amide bonds. The van der Waals surface area contributed by atoms with Crippen molar-refractivity contribution >= 4 is 28.8 Å². The van der Waals surface area contributed by atoms with Gasteiger partial charge >= 0.3 is 0 Å². The summed E-state index contributed by atoms with van der Waals surface area (Å²) < 4.78 is 0. The SMILES string of the molecule is O=C1CC(Cl)CN1CCc1ccsc1. The second-order valence-corrected chi connectivity index (χ2v) is 4.92. The standard InChI is InChI=1S/C10H12ClNOS/c11-9-5-10(13)12(6-9)3-1-8-2-4-14-7-8/h2,4,7,9H,1,3,5-6H2. The molecule has 1 aliphatic heterocycles. The quantitative estimate of drug-likeness (QED) is 0.728. The maximum atomic E-state index is 11.4. The van der Waals surface area contributed by atoms with Crippen LogP contribution in [0.2, 0.25) is 0 Å². The summed E-state index contributed by atoms with van der Waals surface area (Å²) in [6.45, 7) is 1.52. The Kier molecular flexibility index (Phi) is 3.08. The van der Waals surface area contributed by atoms with Gasteiger partial charge in [-0.2, -0.15) is 11.3 Å². The average molecular weight is 230 g/mol. The third-order valence-corrected chi connectivity index (χ3v) is 3.44. The van der Waals surface area contributed by atoms with Crippen LogP contribution in [0.5, 0.6) is 0 Å². The van der Waals surface area contributed by atoms with E-state index in [0.717, 1.165) is 13.0 Å². The predicted molar refractivity (Wildman–Crippen MR) is 58.9 cm³/mol. The van der Waals surface area contributed by atoms with Crippen LogP contribution in [0, 0.1) is 0 Å². The average Bonchev–Trinajstić information content (AvgIpc) is 2.72. The molecule has 0 aromatic carbocycles. The summed E-state index contributed by atoms with van der Waals surface area (Å²) in [5, 5.41) is 4.20. The molecule has 1 aromatic heterocycles. The normalized spacial score (nSPS) is 21.9. The Morgan fingerprint density at radius 2 is 2.50 bits per heavy atom. The number of hydrogen-bond acceptors (Lipinski definition) is 2. The Morgan fingerprint density at radius 1 is 1.64 bits per heavy atom. The van der Waals surface area contributed by atoms with Gasteiger partial charge in [-0.3, -0.25) is 4.79 Å². The third-order valence-electron chi connectivity index (χ3n) is 2.42. The van der Waals surface area contributed by atoms with Crippen LogP contribution in [0.3, 0.4) is 0 Å². The highest BCUT2D eigenvalue weighted by molar-refractivity contribution is 7.07. The topological polar surface area (TPSA) is 20.3 Å². The molecule has 1 aliphatic rings. The van der Waals surface area contributed by atoms with Crippen LogP contribution in [-0.2, 0) is 11.2 Å². The molecule has 76 valence electrons. The Bertz CT molecular complexity index is 312. The zero-order chi connectivity index (χ0) is 9.97. The van der Waals surface area contributed by atoms with E-state index in [0.29, 0.717) is 13.0 Å². The maximum Gasteiger partial charge on any atom is 0.224 e. The van der Waals surface area contributed by atoms with Gasteiger partial charge in [-0.05, 0) is 28.8 Å². The van der Waals surface area contributed by atoms with Crippen LogP contribution in [-0.4, -0.2) is 29.3 Å². The number of alkyl halides is 1. The van der Waals surface area contributed by atoms with Crippen LogP contribution in [0.1, 0.15) is 12.0 Å². The van der Waals surface area contributed by atoms with E-state index in [-0.39, 0.29) is 11.3 Å². The number of likely N-dealkylation sites (tertiary alicyclic amines) is 1. The number of hydrogen-bond donors (Lipinski definition) is 0. The fourth-order valence-corrected chi connectivity index (χ4v) is 2.64. The van der Waals surface area contributed by atoms with Gasteiger partial charge in [-0.25, -0.2) is 0 Å². The van der Waals surface area contributed by atoms with Gasteiger partial charge in [-0.15, -0.1) is 11.6 Å². The first-order chi connectivity index (χ1) is 6.75. The predicted octanol–water partition coefficient (Wildman–Crippen LogP) is 2.13. The van der Waals surface area contributed by atoms with Crippen molar-refractivity contribution in [3.8, 4) is 0 Å². The van der Waals surface area contributed by atoms with E-state index in [4.69, 9.17) is 11.6 Å². The molecule has 1 atom stereocenters. The largest absolute Gasteiger partial charge is 0.341 e. The van der Waals surface area contributed by atoms with Gasteiger partial charge < -0.3 is 4.90 Å². The van der Waals surface area contributed by atoms with Gasteiger partial charge in [0.1, 0.15) is 0 Å². The number of nitrogens with zero attached hydrogens (tertiary/aromatic N) is 1. The van der Waals surface area contributed by atoms with Crippen molar-refractivity contribution in [3.05, 3.63) is 22.4 Å². The second kappa shape index (κ2) is 4.32. The Labute approximate surface area is 92.5 Å². The van der Waals surface area contributed by atoms with Crippen LogP contribution in [0.15, 0.2) is 16.8 Å². The summed E-state index contributed by atoms with van der Waals surface area (Å²) in [7, 11) is 0. The molecule has 1 fully saturated rings. The van der Waals surface area contributed by atoms with Crippen LogP contribution in [0.4, 0.5) is 0 Å². The highest BCUT2D eigenvalue weighted by Crippen LogP contribution is 2.17. The molecule has 2 rings (SSSR count). The lowest BCUT2D eigenvalue weighted by Crippen LogP contribution is -2.27.